The van der Waals surface area contributed by atoms with Crippen LogP contribution in [-0.2, 0) is 14.3 Å². The fourth-order valence-corrected chi connectivity index (χ4v) is 2.69. The van der Waals surface area contributed by atoms with Crippen molar-refractivity contribution in [3.8, 4) is 0 Å². The summed E-state index contributed by atoms with van der Waals surface area (Å²) >= 11 is 0. The Bertz CT molecular complexity index is 421. The average molecular weight is 365 g/mol. The normalized spacial score (nSPS) is 11.9. The van der Waals surface area contributed by atoms with E-state index in [0.29, 0.717) is 12.0 Å². The fraction of sp³-hybridized carbons (Fsp3) is 0.739. The number of carbonyl (C=O) groups is 2. The summed E-state index contributed by atoms with van der Waals surface area (Å²) in [6.45, 7) is 5.66. The lowest BCUT2D eigenvalue weighted by molar-refractivity contribution is -0.156. The molecule has 3 nitrogen and oxygen atoms in total. The minimum atomic E-state index is -0.523. The van der Waals surface area contributed by atoms with Crippen LogP contribution in [0.3, 0.4) is 0 Å². The molecule has 0 fully saturated rings. The third-order valence-corrected chi connectivity index (χ3v) is 4.60. The largest absolute Gasteiger partial charge is 0.390 e. The summed E-state index contributed by atoms with van der Waals surface area (Å²) in [5, 5.41) is 0. The molecule has 3 heteroatoms. The van der Waals surface area contributed by atoms with E-state index in [2.05, 4.69) is 19.1 Å². The lowest BCUT2D eigenvalue weighted by Gasteiger charge is -2.03. The van der Waals surface area contributed by atoms with Gasteiger partial charge in [-0.1, -0.05) is 76.5 Å². The zero-order valence-corrected chi connectivity index (χ0v) is 17.4. The van der Waals surface area contributed by atoms with Gasteiger partial charge in [-0.05, 0) is 46.0 Å². The van der Waals surface area contributed by atoms with Gasteiger partial charge in [-0.3, -0.25) is 4.79 Å². The Balaban J connectivity index is 3.37. The standard InChI is InChI=1S/C23H40O3/c1-4-6-7-8-9-10-11-12-13-14-15-16-17-18-19-20-22(24)26-23(25)21(3)5-2/h5,12-13H,4,6-11,14-20H2,1-3H3/b13-12-,21-5?. The second-order valence-corrected chi connectivity index (χ2v) is 7.07. The van der Waals surface area contributed by atoms with E-state index < -0.39 is 11.9 Å². The highest BCUT2D eigenvalue weighted by atomic mass is 16.6. The van der Waals surface area contributed by atoms with Crippen molar-refractivity contribution in [2.24, 2.45) is 0 Å². The van der Waals surface area contributed by atoms with Gasteiger partial charge < -0.3 is 4.74 Å². The Morgan fingerprint density at radius 3 is 1.81 bits per heavy atom. The first-order chi connectivity index (χ1) is 12.6. The first-order valence-corrected chi connectivity index (χ1v) is 10.6. The number of esters is 2. The van der Waals surface area contributed by atoms with Crippen molar-refractivity contribution in [1.29, 1.82) is 0 Å². The highest BCUT2D eigenvalue weighted by Gasteiger charge is 2.10. The van der Waals surface area contributed by atoms with Gasteiger partial charge in [-0.25, -0.2) is 4.79 Å². The molecule has 0 saturated heterocycles. The number of hydrogen-bond acceptors (Lipinski definition) is 3. The lowest BCUT2D eigenvalue weighted by Crippen LogP contribution is -2.12. The number of rotatable bonds is 16. The van der Waals surface area contributed by atoms with Gasteiger partial charge in [0.2, 0.25) is 0 Å². The van der Waals surface area contributed by atoms with E-state index in [1.165, 1.54) is 57.8 Å². The molecule has 0 saturated carbocycles. The molecular weight excluding hydrogens is 324 g/mol. The van der Waals surface area contributed by atoms with Crippen LogP contribution in [0, 0.1) is 0 Å². The van der Waals surface area contributed by atoms with Crippen molar-refractivity contribution >= 4 is 11.9 Å². The van der Waals surface area contributed by atoms with Crippen LogP contribution in [0.5, 0.6) is 0 Å². The number of unbranched alkanes of at least 4 members (excludes halogenated alkanes) is 11. The Labute approximate surface area is 161 Å². The topological polar surface area (TPSA) is 43.4 Å². The van der Waals surface area contributed by atoms with Crippen LogP contribution >= 0.6 is 0 Å². The number of allylic oxidation sites excluding steroid dienone is 3. The summed E-state index contributed by atoms with van der Waals surface area (Å²) in [5.74, 6) is -0.931. The molecule has 0 bridgehead atoms. The highest BCUT2D eigenvalue weighted by Crippen LogP contribution is 2.10. The minimum absolute atomic E-state index is 0.334. The molecule has 0 heterocycles. The molecule has 0 rings (SSSR count). The average Bonchev–Trinajstić information content (AvgIpc) is 2.64. The molecular formula is C23H40O3. The van der Waals surface area contributed by atoms with Gasteiger partial charge in [0.15, 0.2) is 0 Å². The first-order valence-electron chi connectivity index (χ1n) is 10.6. The van der Waals surface area contributed by atoms with E-state index in [1.807, 2.05) is 0 Å². The molecule has 0 amide bonds. The third kappa shape index (κ3) is 16.1. The molecule has 0 N–H and O–H groups in total. The van der Waals surface area contributed by atoms with Gasteiger partial charge in [0.1, 0.15) is 0 Å². The van der Waals surface area contributed by atoms with Crippen molar-refractivity contribution < 1.29 is 14.3 Å². The van der Waals surface area contributed by atoms with Gasteiger partial charge >= 0.3 is 11.9 Å². The van der Waals surface area contributed by atoms with Crippen LogP contribution in [0.2, 0.25) is 0 Å². The molecule has 0 aromatic carbocycles. The van der Waals surface area contributed by atoms with E-state index in [4.69, 9.17) is 4.74 Å². The molecule has 0 atom stereocenters. The Kier molecular flexibility index (Phi) is 17.4. The molecule has 0 radical (unpaired) electrons. The Hall–Kier alpha value is -1.38. The first kappa shape index (κ1) is 24.6. The summed E-state index contributed by atoms with van der Waals surface area (Å²) in [6.07, 6.45) is 22.6. The van der Waals surface area contributed by atoms with Crippen molar-refractivity contribution in [3.63, 3.8) is 0 Å². The third-order valence-electron chi connectivity index (χ3n) is 4.60. The SMILES string of the molecule is CC=C(C)C(=O)OC(=O)CCCCCCC/C=C\CCCCCCCC. The monoisotopic (exact) mass is 364 g/mol. The Morgan fingerprint density at radius 2 is 1.27 bits per heavy atom. The van der Waals surface area contributed by atoms with Crippen LogP contribution in [0.25, 0.3) is 0 Å². The number of carbonyl (C=O) groups excluding carboxylic acids is 2. The second kappa shape index (κ2) is 18.4. The van der Waals surface area contributed by atoms with Crippen LogP contribution in [0.4, 0.5) is 0 Å². The van der Waals surface area contributed by atoms with Gasteiger partial charge in [0, 0.05) is 12.0 Å². The lowest BCUT2D eigenvalue weighted by atomic mass is 10.1. The molecule has 0 aliphatic heterocycles. The van der Waals surface area contributed by atoms with E-state index in [0.717, 1.165) is 25.7 Å². The maximum atomic E-state index is 11.5. The summed E-state index contributed by atoms with van der Waals surface area (Å²) in [5.41, 5.74) is 0.475. The minimum Gasteiger partial charge on any atom is -0.390 e. The van der Waals surface area contributed by atoms with Crippen LogP contribution in [0.1, 0.15) is 111 Å². The molecule has 150 valence electrons. The zero-order chi connectivity index (χ0) is 19.5. The van der Waals surface area contributed by atoms with Crippen LogP contribution < -0.4 is 0 Å². The van der Waals surface area contributed by atoms with Crippen LogP contribution in [0.15, 0.2) is 23.8 Å². The molecule has 0 unspecified atom stereocenters. The maximum absolute atomic E-state index is 11.5. The van der Waals surface area contributed by atoms with Gasteiger partial charge in [0.25, 0.3) is 0 Å². The zero-order valence-electron chi connectivity index (χ0n) is 17.4. The van der Waals surface area contributed by atoms with Gasteiger partial charge in [-0.2, -0.15) is 0 Å². The summed E-state index contributed by atoms with van der Waals surface area (Å²) in [6, 6.07) is 0. The highest BCUT2D eigenvalue weighted by molar-refractivity contribution is 5.95. The van der Waals surface area contributed by atoms with Crippen molar-refractivity contribution in [3.05, 3.63) is 23.8 Å². The van der Waals surface area contributed by atoms with E-state index >= 15 is 0 Å². The molecule has 0 aromatic rings. The summed E-state index contributed by atoms with van der Waals surface area (Å²) in [7, 11) is 0. The van der Waals surface area contributed by atoms with E-state index in [-0.39, 0.29) is 0 Å². The second-order valence-electron chi connectivity index (χ2n) is 7.07. The van der Waals surface area contributed by atoms with Crippen molar-refractivity contribution in [1.82, 2.24) is 0 Å². The van der Waals surface area contributed by atoms with Gasteiger partial charge in [0.05, 0.1) is 0 Å². The van der Waals surface area contributed by atoms with E-state index in [1.54, 1.807) is 19.9 Å². The van der Waals surface area contributed by atoms with Crippen molar-refractivity contribution in [2.75, 3.05) is 0 Å². The Morgan fingerprint density at radius 1 is 0.769 bits per heavy atom. The van der Waals surface area contributed by atoms with Gasteiger partial charge in [-0.15, -0.1) is 0 Å². The quantitative estimate of drug-likeness (QED) is 0.0967. The number of ether oxygens (including phenoxy) is 1. The molecule has 0 aromatic heterocycles. The predicted octanol–water partition coefficient (Wildman–Crippen LogP) is 7.06. The van der Waals surface area contributed by atoms with Crippen molar-refractivity contribution in [2.45, 2.75) is 111 Å². The molecule has 0 aliphatic rings. The van der Waals surface area contributed by atoms with E-state index in [9.17, 15) is 9.59 Å². The molecule has 0 aliphatic carbocycles. The van der Waals surface area contributed by atoms with Crippen LogP contribution in [-0.4, -0.2) is 11.9 Å². The summed E-state index contributed by atoms with van der Waals surface area (Å²) in [4.78, 5) is 23.0. The predicted molar refractivity (Wildman–Crippen MR) is 110 cm³/mol. The molecule has 26 heavy (non-hydrogen) atoms. The summed E-state index contributed by atoms with van der Waals surface area (Å²) < 4.78 is 4.77. The fourth-order valence-electron chi connectivity index (χ4n) is 2.69. The molecule has 0 spiro atoms. The smallest absolute Gasteiger partial charge is 0.341 e. The number of hydrogen-bond donors (Lipinski definition) is 0. The maximum Gasteiger partial charge on any atom is 0.341 e.